The molecule has 0 spiro atoms. The first-order valence-electron chi connectivity index (χ1n) is 19.0. The molecule has 2 bridgehead atoms. The van der Waals surface area contributed by atoms with Gasteiger partial charge in [-0.25, -0.2) is 4.79 Å². The fraction of sp³-hybridized carbons (Fsp3) is 0.789. The summed E-state index contributed by atoms with van der Waals surface area (Å²) in [6.07, 6.45) is 6.68. The van der Waals surface area contributed by atoms with Gasteiger partial charge >= 0.3 is 5.97 Å². The number of rotatable bonds is 3. The van der Waals surface area contributed by atoms with E-state index in [1.807, 2.05) is 6.92 Å². The van der Waals surface area contributed by atoms with E-state index in [1.54, 1.807) is 13.0 Å². The van der Waals surface area contributed by atoms with Crippen molar-refractivity contribution in [3.8, 4) is 0 Å². The number of quaternary nitrogens is 1. The normalized spacial score (nSPS) is 49.4. The number of allylic oxidation sites excluding steroid dienone is 3. The lowest BCUT2D eigenvalue weighted by Gasteiger charge is -2.61. The summed E-state index contributed by atoms with van der Waals surface area (Å²) in [6, 6.07) is 0. The number of ether oxygens (including phenoxy) is 3. The summed E-state index contributed by atoms with van der Waals surface area (Å²) in [5, 5.41) is 28.1. The molecule has 13 unspecified atom stereocenters. The minimum Gasteiger partial charge on any atom is -0.456 e. The van der Waals surface area contributed by atoms with Gasteiger partial charge in [0, 0.05) is 48.0 Å². The molecule has 6 fully saturated rings. The van der Waals surface area contributed by atoms with Crippen molar-refractivity contribution in [1.29, 1.82) is 0 Å². The Kier molecular flexibility index (Phi) is 9.00. The highest BCUT2D eigenvalue weighted by molar-refractivity contribution is 5.87. The van der Waals surface area contributed by atoms with Crippen LogP contribution in [0.15, 0.2) is 34.4 Å². The molecule has 5 aliphatic heterocycles. The van der Waals surface area contributed by atoms with Gasteiger partial charge in [0.25, 0.3) is 0 Å². The fourth-order valence-corrected chi connectivity index (χ4v) is 11.8. The van der Waals surface area contributed by atoms with Gasteiger partial charge in [0.15, 0.2) is 0 Å². The average molecular weight is 682 g/mol. The molecule has 0 radical (unpaired) electrons. The van der Waals surface area contributed by atoms with Gasteiger partial charge in [0.1, 0.15) is 23.7 Å². The first kappa shape index (κ1) is 34.1. The Balaban J connectivity index is 1.30. The molecule has 270 valence electrons. The predicted octanol–water partition coefficient (Wildman–Crippen LogP) is 0.789. The lowest BCUT2D eigenvalue weighted by Crippen LogP contribution is -2.96. The second kappa shape index (κ2) is 12.9. The topological polar surface area (TPSA) is 183 Å². The maximum Gasteiger partial charge on any atom is 0.333 e. The molecule has 3 aliphatic carbocycles. The van der Waals surface area contributed by atoms with Gasteiger partial charge in [-0.05, 0) is 88.8 Å². The zero-order chi connectivity index (χ0) is 34.4. The molecule has 0 amide bonds. The summed E-state index contributed by atoms with van der Waals surface area (Å²) in [7, 11) is 0. The van der Waals surface area contributed by atoms with E-state index >= 15 is 0 Å². The third kappa shape index (κ3) is 5.53. The first-order chi connectivity index (χ1) is 23.5. The zero-order valence-electron chi connectivity index (χ0n) is 29.3. The van der Waals surface area contributed by atoms with E-state index in [-0.39, 0.29) is 60.8 Å². The molecule has 11 heteroatoms. The van der Waals surface area contributed by atoms with E-state index in [1.165, 1.54) is 16.7 Å². The number of fused-ring (bicyclic) bond motifs is 7. The third-order valence-corrected chi connectivity index (χ3v) is 14.4. The molecule has 5 saturated heterocycles. The van der Waals surface area contributed by atoms with Crippen LogP contribution in [0.25, 0.3) is 0 Å². The molecule has 8 rings (SSSR count). The van der Waals surface area contributed by atoms with Crippen LogP contribution >= 0.6 is 0 Å². The number of carbonyl (C=O) groups excluding carboxylic acids is 2. The summed E-state index contributed by atoms with van der Waals surface area (Å²) in [5.74, 6) is -0.692. The van der Waals surface area contributed by atoms with Crippen molar-refractivity contribution < 1.29 is 39.3 Å². The van der Waals surface area contributed by atoms with Crippen molar-refractivity contribution in [2.45, 2.75) is 121 Å². The molecule has 11 nitrogen and oxygen atoms in total. The number of aliphatic hydroxyl groups is 2. The molecule has 16 atom stereocenters. The number of piperidine rings is 2. The molecular formula is C38H57N4O7+. The maximum atomic E-state index is 13.8. The fourth-order valence-electron chi connectivity index (χ4n) is 11.8. The number of esters is 1. The number of hydrogen-bond donors (Lipinski definition) is 6. The molecule has 8 aliphatic rings. The number of nitrogens with two attached hydrogens (primary N) is 3. The molecule has 49 heavy (non-hydrogen) atoms. The summed E-state index contributed by atoms with van der Waals surface area (Å²) < 4.78 is 20.7. The lowest BCUT2D eigenvalue weighted by atomic mass is 9.57. The zero-order valence-corrected chi connectivity index (χ0v) is 29.3. The van der Waals surface area contributed by atoms with E-state index in [0.29, 0.717) is 23.8 Å². The van der Waals surface area contributed by atoms with E-state index in [9.17, 15) is 19.8 Å². The highest BCUT2D eigenvalue weighted by atomic mass is 16.6. The second-order valence-electron chi connectivity index (χ2n) is 16.8. The Morgan fingerprint density at radius 3 is 2.71 bits per heavy atom. The first-order valence-corrected chi connectivity index (χ1v) is 19.0. The number of aliphatic hydroxyl groups excluding tert-OH is 2. The van der Waals surface area contributed by atoms with Crippen molar-refractivity contribution in [2.24, 2.45) is 58.8 Å². The molecule has 0 aromatic heterocycles. The Bertz CT molecular complexity index is 1450. The van der Waals surface area contributed by atoms with Crippen LogP contribution in [0, 0.1) is 47.3 Å². The largest absolute Gasteiger partial charge is 0.456 e. The SMILES string of the molecule is CC=C(C)C(=O)O[C@H]1CC2C(O)C3C(=O)CC(CO)OC3C3CC4CCNC(N)C4C4=CCC5=C4[C@@H](CC4C[NH2+]C(N)CC4C5)[C@]1(C)OC23. The van der Waals surface area contributed by atoms with Crippen LogP contribution in [0.5, 0.6) is 0 Å². The average Bonchev–Trinajstić information content (AvgIpc) is 3.39. The minimum atomic E-state index is -1.01. The van der Waals surface area contributed by atoms with Gasteiger partial charge in [-0.3, -0.25) is 10.5 Å². The van der Waals surface area contributed by atoms with Crippen molar-refractivity contribution in [3.63, 3.8) is 0 Å². The minimum absolute atomic E-state index is 0.0584. The quantitative estimate of drug-likeness (QED) is 0.184. The smallest absolute Gasteiger partial charge is 0.333 e. The number of Topliss-reactive ketones (excluding diaryl/α,β-unsaturated/α-hetero) is 1. The van der Waals surface area contributed by atoms with Crippen molar-refractivity contribution >= 4 is 11.8 Å². The van der Waals surface area contributed by atoms with Gasteiger partial charge in [-0.1, -0.05) is 17.7 Å². The van der Waals surface area contributed by atoms with Gasteiger partial charge < -0.3 is 40.8 Å². The predicted molar refractivity (Wildman–Crippen MR) is 180 cm³/mol. The van der Waals surface area contributed by atoms with Crippen LogP contribution in [-0.2, 0) is 23.8 Å². The van der Waals surface area contributed by atoms with E-state index in [0.717, 1.165) is 51.6 Å². The summed E-state index contributed by atoms with van der Waals surface area (Å²) >= 11 is 0. The number of nitrogens with one attached hydrogen (secondary N) is 1. The van der Waals surface area contributed by atoms with E-state index in [4.69, 9.17) is 25.7 Å². The Morgan fingerprint density at radius 2 is 1.94 bits per heavy atom. The Hall–Kier alpha value is -1.96. The van der Waals surface area contributed by atoms with Gasteiger partial charge in [-0.2, -0.15) is 0 Å². The Labute approximate surface area is 289 Å². The van der Waals surface area contributed by atoms with Crippen molar-refractivity contribution in [3.05, 3.63) is 34.4 Å². The number of hydrogen-bond acceptors (Lipinski definition) is 10. The molecule has 1 saturated carbocycles. The van der Waals surface area contributed by atoms with Crippen LogP contribution < -0.4 is 22.1 Å². The van der Waals surface area contributed by atoms with Crippen LogP contribution in [0.1, 0.15) is 72.1 Å². The van der Waals surface area contributed by atoms with Crippen molar-refractivity contribution in [1.82, 2.24) is 5.32 Å². The van der Waals surface area contributed by atoms with Crippen molar-refractivity contribution in [2.75, 3.05) is 19.7 Å². The van der Waals surface area contributed by atoms with Gasteiger partial charge in [0.2, 0.25) is 0 Å². The van der Waals surface area contributed by atoms with Gasteiger partial charge in [-0.15, -0.1) is 0 Å². The van der Waals surface area contributed by atoms with Crippen LogP contribution in [0.3, 0.4) is 0 Å². The maximum absolute atomic E-state index is 13.8. The lowest BCUT2D eigenvalue weighted by molar-refractivity contribution is -0.706. The second-order valence-corrected chi connectivity index (χ2v) is 16.8. The molecular weight excluding hydrogens is 624 g/mol. The molecule has 9 N–H and O–H groups in total. The summed E-state index contributed by atoms with van der Waals surface area (Å²) in [4.78, 5) is 27.4. The third-order valence-electron chi connectivity index (χ3n) is 14.4. The molecule has 0 aromatic rings. The van der Waals surface area contributed by atoms with Crippen LogP contribution in [0.2, 0.25) is 0 Å². The standard InChI is InChI=1S/C38H56N4O7/c1-4-17(2)37(46)48-28-14-24-33(45)32-27(44)13-22(16-43)47-35(32)25-10-19-7-8-41-36(40)31(19)23-6-5-18-9-20-12-29(39)42-15-21(20)11-26(30(18)23)38(28,3)49-34(24)25/h4,6,19-22,24-26,28-29,31-36,41-43,45H,5,7-16,39-40H2,1-3H3/p+1/t19?,20?,21?,22?,24?,25?,26-,28+,29?,31?,32?,33?,34?,35?,36?,38+/m1/s1. The highest BCUT2D eigenvalue weighted by Crippen LogP contribution is 2.59. The van der Waals surface area contributed by atoms with E-state index in [2.05, 4.69) is 23.6 Å². The van der Waals surface area contributed by atoms with Gasteiger partial charge in [0.05, 0.1) is 49.7 Å². The molecule has 5 heterocycles. The Morgan fingerprint density at radius 1 is 1.12 bits per heavy atom. The van der Waals surface area contributed by atoms with Crippen LogP contribution in [-0.4, -0.2) is 90.1 Å². The van der Waals surface area contributed by atoms with Crippen LogP contribution in [0.4, 0.5) is 0 Å². The monoisotopic (exact) mass is 681 g/mol. The number of ketones is 1. The van der Waals surface area contributed by atoms with E-state index < -0.39 is 48.0 Å². The summed E-state index contributed by atoms with van der Waals surface area (Å²) in [6.45, 7) is 7.25. The molecule has 0 aromatic carbocycles. The summed E-state index contributed by atoms with van der Waals surface area (Å²) in [5.41, 5.74) is 17.3. The number of carbonyl (C=O) groups is 2. The highest BCUT2D eigenvalue weighted by Gasteiger charge is 2.65.